The zero-order chi connectivity index (χ0) is 17.7. The SMILES string of the molecule is COC(=O)c1c(O)c2c([nH]c1=O)-c1cc3ccn(C)c3cc1OCC2. The summed E-state index contributed by atoms with van der Waals surface area (Å²) in [7, 11) is 3.10. The predicted molar refractivity (Wildman–Crippen MR) is 91.2 cm³/mol. The molecule has 1 aromatic carbocycles. The van der Waals surface area contributed by atoms with Gasteiger partial charge in [-0.15, -0.1) is 0 Å². The van der Waals surface area contributed by atoms with Crippen LogP contribution in [0.5, 0.6) is 11.5 Å². The van der Waals surface area contributed by atoms with E-state index in [-0.39, 0.29) is 11.3 Å². The molecule has 2 N–H and O–H groups in total. The minimum Gasteiger partial charge on any atom is -0.506 e. The zero-order valence-electron chi connectivity index (χ0n) is 13.8. The van der Waals surface area contributed by atoms with E-state index >= 15 is 0 Å². The first kappa shape index (κ1) is 15.3. The number of hydrogen-bond acceptors (Lipinski definition) is 5. The number of esters is 1. The normalized spacial score (nSPS) is 12.9. The van der Waals surface area contributed by atoms with Gasteiger partial charge in [0.25, 0.3) is 5.56 Å². The van der Waals surface area contributed by atoms with Crippen LogP contribution in [0.4, 0.5) is 0 Å². The molecule has 0 saturated heterocycles. The van der Waals surface area contributed by atoms with E-state index in [1.165, 1.54) is 0 Å². The van der Waals surface area contributed by atoms with Crippen molar-refractivity contribution < 1.29 is 19.4 Å². The van der Waals surface area contributed by atoms with E-state index in [2.05, 4.69) is 9.72 Å². The second-order valence-corrected chi connectivity index (χ2v) is 5.96. The number of carbonyl (C=O) groups is 1. The van der Waals surface area contributed by atoms with E-state index in [9.17, 15) is 14.7 Å². The molecule has 3 aromatic rings. The van der Waals surface area contributed by atoms with Gasteiger partial charge in [-0.05, 0) is 12.1 Å². The van der Waals surface area contributed by atoms with Gasteiger partial charge in [-0.3, -0.25) is 4.79 Å². The first-order valence-corrected chi connectivity index (χ1v) is 7.80. The van der Waals surface area contributed by atoms with Crippen LogP contribution in [0.15, 0.2) is 29.2 Å². The number of aromatic hydroxyl groups is 1. The fourth-order valence-corrected chi connectivity index (χ4v) is 3.27. The van der Waals surface area contributed by atoms with Crippen LogP contribution in [0.2, 0.25) is 0 Å². The van der Waals surface area contributed by atoms with Gasteiger partial charge in [0.05, 0.1) is 24.9 Å². The monoisotopic (exact) mass is 340 g/mol. The highest BCUT2D eigenvalue weighted by Crippen LogP contribution is 2.40. The molecule has 3 heterocycles. The van der Waals surface area contributed by atoms with E-state index < -0.39 is 11.5 Å². The van der Waals surface area contributed by atoms with Gasteiger partial charge in [0.1, 0.15) is 11.5 Å². The Morgan fingerprint density at radius 1 is 1.40 bits per heavy atom. The second kappa shape index (κ2) is 5.41. The van der Waals surface area contributed by atoms with Crippen LogP contribution in [0.25, 0.3) is 22.2 Å². The number of ether oxygens (including phenoxy) is 2. The number of fused-ring (bicyclic) bond motifs is 4. The molecular formula is C18H16N2O5. The second-order valence-electron chi connectivity index (χ2n) is 5.96. The van der Waals surface area contributed by atoms with E-state index in [0.717, 1.165) is 18.0 Å². The third kappa shape index (κ3) is 2.20. The fraction of sp³-hybridized carbons (Fsp3) is 0.222. The number of aryl methyl sites for hydroxylation is 1. The first-order chi connectivity index (χ1) is 12.0. The van der Waals surface area contributed by atoms with Gasteiger partial charge in [-0.25, -0.2) is 4.79 Å². The molecule has 2 aromatic heterocycles. The average Bonchev–Trinajstić information content (AvgIpc) is 2.85. The molecule has 1 aliphatic rings. The largest absolute Gasteiger partial charge is 0.506 e. The number of nitrogens with one attached hydrogen (secondary N) is 1. The maximum absolute atomic E-state index is 12.3. The quantitative estimate of drug-likeness (QED) is 0.661. The van der Waals surface area contributed by atoms with Gasteiger partial charge in [-0.1, -0.05) is 0 Å². The van der Waals surface area contributed by atoms with Crippen molar-refractivity contribution in [3.63, 3.8) is 0 Å². The predicted octanol–water partition coefficient (Wildman–Crippen LogP) is 1.96. The lowest BCUT2D eigenvalue weighted by Crippen LogP contribution is -2.21. The lowest BCUT2D eigenvalue weighted by atomic mass is 9.99. The number of aromatic nitrogens is 2. The zero-order valence-corrected chi connectivity index (χ0v) is 13.8. The summed E-state index contributed by atoms with van der Waals surface area (Å²) < 4.78 is 12.4. The van der Waals surface area contributed by atoms with Gasteiger partial charge in [-0.2, -0.15) is 0 Å². The topological polar surface area (TPSA) is 93.5 Å². The Morgan fingerprint density at radius 3 is 2.96 bits per heavy atom. The number of pyridine rings is 1. The minimum atomic E-state index is -0.870. The molecular weight excluding hydrogens is 324 g/mol. The molecule has 0 fully saturated rings. The van der Waals surface area contributed by atoms with Gasteiger partial charge in [0, 0.05) is 42.2 Å². The molecule has 0 bridgehead atoms. The van der Waals surface area contributed by atoms with Gasteiger partial charge in [0.2, 0.25) is 0 Å². The molecule has 0 spiro atoms. The lowest BCUT2D eigenvalue weighted by molar-refractivity contribution is 0.0595. The number of rotatable bonds is 1. The fourth-order valence-electron chi connectivity index (χ4n) is 3.27. The molecule has 128 valence electrons. The maximum atomic E-state index is 12.3. The average molecular weight is 340 g/mol. The lowest BCUT2D eigenvalue weighted by Gasteiger charge is -2.12. The Balaban J connectivity index is 2.03. The molecule has 0 unspecified atom stereocenters. The maximum Gasteiger partial charge on any atom is 0.347 e. The molecule has 0 amide bonds. The summed E-state index contributed by atoms with van der Waals surface area (Å²) in [5.74, 6) is -0.602. The molecule has 7 heteroatoms. The Labute approximate surface area is 142 Å². The third-order valence-corrected chi connectivity index (χ3v) is 4.55. The summed E-state index contributed by atoms with van der Waals surface area (Å²) in [4.78, 5) is 26.9. The number of nitrogens with zero attached hydrogens (tertiary/aromatic N) is 1. The number of H-pyrrole nitrogens is 1. The van der Waals surface area contributed by atoms with Crippen LogP contribution in [-0.2, 0) is 18.2 Å². The smallest absolute Gasteiger partial charge is 0.347 e. The summed E-state index contributed by atoms with van der Waals surface area (Å²) in [6.45, 7) is 0.316. The van der Waals surface area contributed by atoms with Crippen molar-refractivity contribution in [1.29, 1.82) is 0 Å². The highest BCUT2D eigenvalue weighted by Gasteiger charge is 2.27. The Kier molecular flexibility index (Phi) is 3.31. The van der Waals surface area contributed by atoms with E-state index in [1.807, 2.05) is 36.0 Å². The van der Waals surface area contributed by atoms with Gasteiger partial charge >= 0.3 is 5.97 Å². The summed E-state index contributed by atoms with van der Waals surface area (Å²) in [6, 6.07) is 5.77. The molecule has 0 saturated carbocycles. The number of carbonyl (C=O) groups excluding carboxylic acids is 1. The molecule has 25 heavy (non-hydrogen) atoms. The summed E-state index contributed by atoms with van der Waals surface area (Å²) >= 11 is 0. The highest BCUT2D eigenvalue weighted by molar-refractivity contribution is 5.95. The minimum absolute atomic E-state index is 0.316. The number of methoxy groups -OCH3 is 1. The van der Waals surface area contributed by atoms with Crippen molar-refractivity contribution in [2.45, 2.75) is 6.42 Å². The van der Waals surface area contributed by atoms with Crippen molar-refractivity contribution in [2.24, 2.45) is 7.05 Å². The first-order valence-electron chi connectivity index (χ1n) is 7.80. The van der Waals surface area contributed by atoms with Crippen LogP contribution in [0.1, 0.15) is 15.9 Å². The summed E-state index contributed by atoms with van der Waals surface area (Å²) in [5.41, 5.74) is 1.53. The Bertz CT molecular complexity index is 1080. The van der Waals surface area contributed by atoms with Crippen molar-refractivity contribution in [3.8, 4) is 22.8 Å². The van der Waals surface area contributed by atoms with E-state index in [1.54, 1.807) is 0 Å². The summed E-state index contributed by atoms with van der Waals surface area (Å²) in [5, 5.41) is 11.5. The molecule has 0 atom stereocenters. The highest BCUT2D eigenvalue weighted by atomic mass is 16.5. The van der Waals surface area contributed by atoms with E-state index in [4.69, 9.17) is 4.74 Å². The van der Waals surface area contributed by atoms with Crippen molar-refractivity contribution in [3.05, 3.63) is 45.9 Å². The van der Waals surface area contributed by atoms with Crippen molar-refractivity contribution in [2.75, 3.05) is 13.7 Å². The molecule has 0 aliphatic carbocycles. The number of hydrogen-bond donors (Lipinski definition) is 2. The third-order valence-electron chi connectivity index (χ3n) is 4.55. The standard InChI is InChI=1S/C18H16N2O5/c1-20-5-3-9-7-11-13(8-12(9)20)25-6-4-10-15(11)19-17(22)14(16(10)21)18(23)24-2/h3,5,7-8H,4,6H2,1-2H3,(H2,19,21,22). The Morgan fingerprint density at radius 2 is 2.20 bits per heavy atom. The Hall–Kier alpha value is -3.22. The van der Waals surface area contributed by atoms with Crippen molar-refractivity contribution >= 4 is 16.9 Å². The van der Waals surface area contributed by atoms with Crippen molar-refractivity contribution in [1.82, 2.24) is 9.55 Å². The number of benzene rings is 1. The van der Waals surface area contributed by atoms with Crippen LogP contribution in [0, 0.1) is 0 Å². The molecule has 7 nitrogen and oxygen atoms in total. The van der Waals surface area contributed by atoms with Crippen LogP contribution < -0.4 is 10.3 Å². The summed E-state index contributed by atoms with van der Waals surface area (Å²) in [6.07, 6.45) is 2.29. The van der Waals surface area contributed by atoms with Crippen LogP contribution in [-0.4, -0.2) is 34.3 Å². The van der Waals surface area contributed by atoms with Crippen LogP contribution in [0.3, 0.4) is 0 Å². The molecule has 0 radical (unpaired) electrons. The molecule has 4 rings (SSSR count). The van der Waals surface area contributed by atoms with Gasteiger partial charge in [0.15, 0.2) is 5.56 Å². The van der Waals surface area contributed by atoms with E-state index in [0.29, 0.717) is 35.6 Å². The number of aromatic amines is 1. The molecule has 1 aliphatic heterocycles. The van der Waals surface area contributed by atoms with Crippen LogP contribution >= 0.6 is 0 Å². The van der Waals surface area contributed by atoms with Gasteiger partial charge < -0.3 is 24.1 Å².